The molecule has 0 unspecified atom stereocenters. The van der Waals surface area contributed by atoms with Gasteiger partial charge in [-0.15, -0.1) is 0 Å². The molecule has 3 rings (SSSR count). The quantitative estimate of drug-likeness (QED) is 0.729. The molecular weight excluding hydrogens is 418 g/mol. The van der Waals surface area contributed by atoms with Crippen molar-refractivity contribution in [2.45, 2.75) is 45.1 Å². The zero-order chi connectivity index (χ0) is 22.8. The van der Waals surface area contributed by atoms with Gasteiger partial charge < -0.3 is 10.1 Å². The van der Waals surface area contributed by atoms with Crippen LogP contribution in [-0.4, -0.2) is 54.0 Å². The number of carbonyl (C=O) groups excluding carboxylic acids is 1. The molecule has 0 aliphatic carbocycles. The van der Waals surface area contributed by atoms with Gasteiger partial charge in [-0.25, -0.2) is 17.5 Å². The molecule has 2 N–H and O–H groups in total. The average molecular weight is 450 g/mol. The van der Waals surface area contributed by atoms with Crippen molar-refractivity contribution in [1.29, 1.82) is 0 Å². The standard InChI is InChI=1S/C21H31N5O4S/c1-21(2,3)18-14-19(25(4)24-18)23-20(27)22-15-6-8-16(9-7-15)30-17-10-12-26(13-11-17)31(5,28)29/h6-9,14,17H,10-13H2,1-5H3,(H2,22,23,27). The van der Waals surface area contributed by atoms with Gasteiger partial charge >= 0.3 is 6.03 Å². The summed E-state index contributed by atoms with van der Waals surface area (Å²) in [7, 11) is -1.36. The van der Waals surface area contributed by atoms with Crippen LogP contribution in [0.2, 0.25) is 0 Å². The predicted octanol–water partition coefficient (Wildman–Crippen LogP) is 3.16. The Morgan fingerprint density at radius 1 is 1.13 bits per heavy atom. The Balaban J connectivity index is 1.52. The number of urea groups is 1. The molecule has 1 aromatic heterocycles. The van der Waals surface area contributed by atoms with Gasteiger partial charge in [-0.3, -0.25) is 10.00 Å². The van der Waals surface area contributed by atoms with Crippen LogP contribution in [0.4, 0.5) is 16.3 Å². The number of benzene rings is 1. The van der Waals surface area contributed by atoms with Crippen LogP contribution >= 0.6 is 0 Å². The fourth-order valence-corrected chi connectivity index (χ4v) is 4.19. The highest BCUT2D eigenvalue weighted by Gasteiger charge is 2.26. The van der Waals surface area contributed by atoms with E-state index in [0.29, 0.717) is 43.2 Å². The maximum atomic E-state index is 12.4. The molecule has 1 saturated heterocycles. The largest absolute Gasteiger partial charge is 0.490 e. The Bertz CT molecular complexity index is 1020. The van der Waals surface area contributed by atoms with E-state index in [1.54, 1.807) is 36.0 Å². The van der Waals surface area contributed by atoms with Crippen molar-refractivity contribution >= 4 is 27.6 Å². The Morgan fingerprint density at radius 3 is 2.26 bits per heavy atom. The molecule has 0 bridgehead atoms. The third-order valence-electron chi connectivity index (χ3n) is 5.17. The third-order valence-corrected chi connectivity index (χ3v) is 6.48. The number of aryl methyl sites for hydroxylation is 1. The first kappa shape index (κ1) is 23.1. The monoisotopic (exact) mass is 449 g/mol. The van der Waals surface area contributed by atoms with Crippen molar-refractivity contribution in [1.82, 2.24) is 14.1 Å². The molecule has 1 aromatic carbocycles. The molecule has 2 aromatic rings. The number of piperidine rings is 1. The molecule has 9 nitrogen and oxygen atoms in total. The molecule has 0 saturated carbocycles. The molecular formula is C21H31N5O4S. The number of nitrogens with one attached hydrogen (secondary N) is 2. The number of aromatic nitrogens is 2. The molecule has 170 valence electrons. The van der Waals surface area contributed by atoms with Crippen LogP contribution in [0, 0.1) is 0 Å². The number of nitrogens with zero attached hydrogens (tertiary/aromatic N) is 3. The van der Waals surface area contributed by atoms with Gasteiger partial charge in [0.1, 0.15) is 17.7 Å². The lowest BCUT2D eigenvalue weighted by Crippen LogP contribution is -2.41. The molecule has 1 fully saturated rings. The van der Waals surface area contributed by atoms with Crippen LogP contribution in [0.1, 0.15) is 39.3 Å². The molecule has 1 aliphatic heterocycles. The van der Waals surface area contributed by atoms with Crippen LogP contribution in [0.25, 0.3) is 0 Å². The fourth-order valence-electron chi connectivity index (χ4n) is 3.32. The normalized spacial score (nSPS) is 16.2. The zero-order valence-electron chi connectivity index (χ0n) is 18.7. The SMILES string of the molecule is Cn1nc(C(C)(C)C)cc1NC(=O)Nc1ccc(OC2CCN(S(C)(=O)=O)CC2)cc1. The lowest BCUT2D eigenvalue weighted by molar-refractivity contribution is 0.135. The van der Waals surface area contributed by atoms with Gasteiger partial charge in [0.05, 0.1) is 11.9 Å². The zero-order valence-corrected chi connectivity index (χ0v) is 19.5. The number of anilines is 2. The van der Waals surface area contributed by atoms with Crippen LogP contribution in [0.3, 0.4) is 0 Å². The Morgan fingerprint density at radius 2 is 1.74 bits per heavy atom. The van der Waals surface area contributed by atoms with E-state index in [1.807, 2.05) is 6.07 Å². The maximum Gasteiger partial charge on any atom is 0.324 e. The second kappa shape index (κ2) is 8.88. The average Bonchev–Trinajstić information content (AvgIpc) is 3.04. The van der Waals surface area contributed by atoms with Gasteiger partial charge in [0.2, 0.25) is 10.0 Å². The number of hydrogen-bond acceptors (Lipinski definition) is 5. The summed E-state index contributed by atoms with van der Waals surface area (Å²) >= 11 is 0. The summed E-state index contributed by atoms with van der Waals surface area (Å²) in [4.78, 5) is 12.4. The summed E-state index contributed by atoms with van der Waals surface area (Å²) in [6.45, 7) is 7.13. The van der Waals surface area contributed by atoms with Gasteiger partial charge in [-0.2, -0.15) is 5.10 Å². The van der Waals surface area contributed by atoms with Gasteiger partial charge in [0.15, 0.2) is 0 Å². The third kappa shape index (κ3) is 6.20. The first-order valence-electron chi connectivity index (χ1n) is 10.3. The lowest BCUT2D eigenvalue weighted by Gasteiger charge is -2.30. The van der Waals surface area contributed by atoms with E-state index in [9.17, 15) is 13.2 Å². The van der Waals surface area contributed by atoms with Crippen molar-refractivity contribution in [3.8, 4) is 5.75 Å². The highest BCUT2D eigenvalue weighted by atomic mass is 32.2. The van der Waals surface area contributed by atoms with Crippen molar-refractivity contribution in [3.05, 3.63) is 36.0 Å². The highest BCUT2D eigenvalue weighted by Crippen LogP contribution is 2.24. The second-order valence-electron chi connectivity index (χ2n) is 8.87. The van der Waals surface area contributed by atoms with Gasteiger partial charge in [0, 0.05) is 37.3 Å². The number of carbonyl (C=O) groups is 1. The van der Waals surface area contributed by atoms with Crippen LogP contribution in [-0.2, 0) is 22.5 Å². The Hall–Kier alpha value is -2.59. The molecule has 10 heteroatoms. The molecule has 31 heavy (non-hydrogen) atoms. The van der Waals surface area contributed by atoms with E-state index in [0.717, 1.165) is 5.69 Å². The predicted molar refractivity (Wildman–Crippen MR) is 121 cm³/mol. The molecule has 0 atom stereocenters. The van der Waals surface area contributed by atoms with E-state index < -0.39 is 10.0 Å². The highest BCUT2D eigenvalue weighted by molar-refractivity contribution is 7.88. The Labute approximate surface area is 183 Å². The van der Waals surface area contributed by atoms with Crippen molar-refractivity contribution in [2.24, 2.45) is 7.05 Å². The summed E-state index contributed by atoms with van der Waals surface area (Å²) in [5.41, 5.74) is 1.43. The van der Waals surface area contributed by atoms with E-state index in [2.05, 4.69) is 36.5 Å². The summed E-state index contributed by atoms with van der Waals surface area (Å²) in [5, 5.41) is 10.1. The number of hydrogen-bond donors (Lipinski definition) is 2. The smallest absolute Gasteiger partial charge is 0.324 e. The molecule has 0 radical (unpaired) electrons. The minimum absolute atomic E-state index is 0.0260. The van der Waals surface area contributed by atoms with Crippen LogP contribution < -0.4 is 15.4 Å². The van der Waals surface area contributed by atoms with E-state index in [-0.39, 0.29) is 17.6 Å². The summed E-state index contributed by atoms with van der Waals surface area (Å²) < 4.78 is 32.3. The number of rotatable bonds is 5. The van der Waals surface area contributed by atoms with Crippen LogP contribution in [0.5, 0.6) is 5.75 Å². The first-order valence-corrected chi connectivity index (χ1v) is 12.1. The number of sulfonamides is 1. The lowest BCUT2D eigenvalue weighted by atomic mass is 9.92. The molecule has 1 aliphatic rings. The van der Waals surface area contributed by atoms with Gasteiger partial charge in [-0.05, 0) is 37.1 Å². The Kier molecular flexibility index (Phi) is 6.61. The summed E-state index contributed by atoms with van der Waals surface area (Å²) in [6.07, 6.45) is 2.50. The summed E-state index contributed by atoms with van der Waals surface area (Å²) in [6, 6.07) is 8.63. The van der Waals surface area contributed by atoms with E-state index in [4.69, 9.17) is 4.74 Å². The molecule has 2 heterocycles. The van der Waals surface area contributed by atoms with Crippen molar-refractivity contribution < 1.29 is 17.9 Å². The van der Waals surface area contributed by atoms with Gasteiger partial charge in [-0.1, -0.05) is 20.8 Å². The minimum Gasteiger partial charge on any atom is -0.490 e. The van der Waals surface area contributed by atoms with Crippen molar-refractivity contribution in [2.75, 3.05) is 30.0 Å². The van der Waals surface area contributed by atoms with E-state index in [1.165, 1.54) is 10.6 Å². The summed E-state index contributed by atoms with van der Waals surface area (Å²) in [5.74, 6) is 1.30. The second-order valence-corrected chi connectivity index (χ2v) is 10.9. The molecule has 0 spiro atoms. The minimum atomic E-state index is -3.14. The maximum absolute atomic E-state index is 12.4. The van der Waals surface area contributed by atoms with Crippen molar-refractivity contribution in [3.63, 3.8) is 0 Å². The first-order chi connectivity index (χ1) is 14.4. The number of ether oxygens (including phenoxy) is 1. The van der Waals surface area contributed by atoms with Crippen LogP contribution in [0.15, 0.2) is 30.3 Å². The molecule has 2 amide bonds. The topological polar surface area (TPSA) is 106 Å². The fraction of sp³-hybridized carbons (Fsp3) is 0.524. The van der Waals surface area contributed by atoms with Gasteiger partial charge in [0.25, 0.3) is 0 Å². The number of amides is 2. The van der Waals surface area contributed by atoms with E-state index >= 15 is 0 Å².